The molecule has 9 nitrogen and oxygen atoms in total. The molecule has 0 atom stereocenters. The molecule has 2 aromatic carbocycles. The van der Waals surface area contributed by atoms with Crippen molar-refractivity contribution in [3.8, 4) is 11.3 Å². The van der Waals surface area contributed by atoms with E-state index >= 15 is 0 Å². The maximum Gasteiger partial charge on any atom is 0.264 e. The summed E-state index contributed by atoms with van der Waals surface area (Å²) in [7, 11) is -3.81. The number of nitrogens with two attached hydrogens (primary N) is 1. The van der Waals surface area contributed by atoms with Crippen LogP contribution in [-0.2, 0) is 10.0 Å². The highest BCUT2D eigenvalue weighted by Crippen LogP contribution is 2.25. The third-order valence-corrected chi connectivity index (χ3v) is 6.04. The van der Waals surface area contributed by atoms with Crippen LogP contribution in [0, 0.1) is 13.8 Å². The van der Waals surface area contributed by atoms with Crippen molar-refractivity contribution in [2.24, 2.45) is 0 Å². The number of nitrogens with one attached hydrogen (secondary N) is 2. The number of sulfonamides is 1. The van der Waals surface area contributed by atoms with Crippen LogP contribution in [0.4, 0.5) is 23.1 Å². The highest BCUT2D eigenvalue weighted by Gasteiger charge is 2.19. The average Bonchev–Trinajstić information content (AvgIpc) is 3.06. The standard InChI is InChI=1S/C21H20N6O3S/c1-13-14(2)26-30-21(13)27-31(28,29)18-9-7-17(8-10-18)25-20-11-19(23-12-24-20)15-3-5-16(22)6-4-15/h3-12,27H,22H2,1-2H3,(H,23,24,25). The molecule has 0 bridgehead atoms. The minimum atomic E-state index is -3.81. The van der Waals surface area contributed by atoms with E-state index in [-0.39, 0.29) is 10.8 Å². The molecule has 0 radical (unpaired) electrons. The van der Waals surface area contributed by atoms with Crippen LogP contribution in [0.25, 0.3) is 11.3 Å². The molecule has 0 fully saturated rings. The lowest BCUT2D eigenvalue weighted by molar-refractivity contribution is 0.430. The van der Waals surface area contributed by atoms with Gasteiger partial charge < -0.3 is 15.6 Å². The highest BCUT2D eigenvalue weighted by atomic mass is 32.2. The van der Waals surface area contributed by atoms with E-state index in [1.807, 2.05) is 12.1 Å². The largest absolute Gasteiger partial charge is 0.399 e. The first-order valence-electron chi connectivity index (χ1n) is 9.32. The Hall–Kier alpha value is -3.92. The number of hydrogen-bond acceptors (Lipinski definition) is 8. The predicted molar refractivity (Wildman–Crippen MR) is 118 cm³/mol. The van der Waals surface area contributed by atoms with Gasteiger partial charge in [-0.05, 0) is 50.2 Å². The van der Waals surface area contributed by atoms with Crippen molar-refractivity contribution in [2.75, 3.05) is 15.8 Å². The zero-order valence-electron chi connectivity index (χ0n) is 16.8. The van der Waals surface area contributed by atoms with Gasteiger partial charge in [0.25, 0.3) is 10.0 Å². The van der Waals surface area contributed by atoms with Crippen molar-refractivity contribution in [2.45, 2.75) is 18.7 Å². The van der Waals surface area contributed by atoms with E-state index in [1.54, 1.807) is 44.2 Å². The summed E-state index contributed by atoms with van der Waals surface area (Å²) in [6.45, 7) is 3.47. The number of hydrogen-bond donors (Lipinski definition) is 3. The maximum atomic E-state index is 12.6. The SMILES string of the molecule is Cc1noc(NS(=O)(=O)c2ccc(Nc3cc(-c4ccc(N)cc4)ncn3)cc2)c1C. The first-order valence-corrected chi connectivity index (χ1v) is 10.8. The minimum Gasteiger partial charge on any atom is -0.399 e. The Bertz CT molecular complexity index is 1320. The molecular formula is C21H20N6O3S. The number of rotatable bonds is 6. The molecular weight excluding hydrogens is 416 g/mol. The molecule has 0 aliphatic rings. The molecule has 0 aliphatic carbocycles. The average molecular weight is 436 g/mol. The van der Waals surface area contributed by atoms with E-state index in [9.17, 15) is 8.42 Å². The smallest absolute Gasteiger partial charge is 0.264 e. The Morgan fingerprint density at radius 2 is 1.68 bits per heavy atom. The molecule has 4 aromatic rings. The summed E-state index contributed by atoms with van der Waals surface area (Å²) < 4.78 is 32.7. The van der Waals surface area contributed by atoms with Crippen LogP contribution >= 0.6 is 0 Å². The second-order valence-electron chi connectivity index (χ2n) is 6.89. The third-order valence-electron chi connectivity index (χ3n) is 4.69. The normalized spacial score (nSPS) is 11.3. The van der Waals surface area contributed by atoms with Crippen molar-refractivity contribution in [3.63, 3.8) is 0 Å². The number of nitrogen functional groups attached to an aromatic ring is 1. The monoisotopic (exact) mass is 436 g/mol. The van der Waals surface area contributed by atoms with Gasteiger partial charge in [-0.25, -0.2) is 23.1 Å². The van der Waals surface area contributed by atoms with Gasteiger partial charge in [0.2, 0.25) is 5.88 Å². The second-order valence-corrected chi connectivity index (χ2v) is 8.57. The van der Waals surface area contributed by atoms with E-state index < -0.39 is 10.0 Å². The fraction of sp³-hybridized carbons (Fsp3) is 0.0952. The molecule has 158 valence electrons. The quantitative estimate of drug-likeness (QED) is 0.388. The minimum absolute atomic E-state index is 0.0942. The first-order chi connectivity index (χ1) is 14.8. The second kappa shape index (κ2) is 8.07. The van der Waals surface area contributed by atoms with Crippen LogP contribution < -0.4 is 15.8 Å². The molecule has 10 heteroatoms. The molecule has 0 saturated heterocycles. The summed E-state index contributed by atoms with van der Waals surface area (Å²) >= 11 is 0. The van der Waals surface area contributed by atoms with E-state index in [2.05, 4.69) is 25.2 Å². The molecule has 4 N–H and O–H groups in total. The van der Waals surface area contributed by atoms with E-state index in [1.165, 1.54) is 18.5 Å². The van der Waals surface area contributed by atoms with Gasteiger partial charge in [0.05, 0.1) is 16.3 Å². The Morgan fingerprint density at radius 3 is 2.32 bits per heavy atom. The number of aryl methyl sites for hydroxylation is 1. The Kier molecular flexibility index (Phi) is 5.30. The summed E-state index contributed by atoms with van der Waals surface area (Å²) in [5.74, 6) is 0.680. The van der Waals surface area contributed by atoms with Crippen LogP contribution in [-0.4, -0.2) is 23.5 Å². The number of nitrogens with zero attached hydrogens (tertiary/aromatic N) is 3. The molecule has 0 aliphatic heterocycles. The van der Waals surface area contributed by atoms with Gasteiger partial charge >= 0.3 is 0 Å². The number of anilines is 4. The predicted octanol–water partition coefficient (Wildman–Crippen LogP) is 3.88. The molecule has 0 amide bonds. The van der Waals surface area contributed by atoms with E-state index in [4.69, 9.17) is 10.3 Å². The van der Waals surface area contributed by atoms with Crippen LogP contribution in [0.15, 0.2) is 70.3 Å². The zero-order chi connectivity index (χ0) is 22.0. The fourth-order valence-electron chi connectivity index (χ4n) is 2.79. The number of benzene rings is 2. The van der Waals surface area contributed by atoms with Crippen molar-refractivity contribution in [1.82, 2.24) is 15.1 Å². The van der Waals surface area contributed by atoms with Crippen molar-refractivity contribution >= 4 is 33.1 Å². The molecule has 31 heavy (non-hydrogen) atoms. The summed E-state index contributed by atoms with van der Waals surface area (Å²) in [5, 5.41) is 6.90. The number of aromatic nitrogens is 3. The molecule has 0 saturated carbocycles. The van der Waals surface area contributed by atoms with Gasteiger partial charge in [0, 0.05) is 28.6 Å². The molecule has 2 aromatic heterocycles. The van der Waals surface area contributed by atoms with Gasteiger partial charge in [0.15, 0.2) is 0 Å². The Balaban J connectivity index is 1.50. The summed E-state index contributed by atoms with van der Waals surface area (Å²) in [6.07, 6.45) is 1.46. The van der Waals surface area contributed by atoms with Crippen LogP contribution in [0.2, 0.25) is 0 Å². The van der Waals surface area contributed by atoms with Gasteiger partial charge in [-0.1, -0.05) is 17.3 Å². The third kappa shape index (κ3) is 4.48. The first kappa shape index (κ1) is 20.4. The molecule has 0 spiro atoms. The Morgan fingerprint density at radius 1 is 0.968 bits per heavy atom. The maximum absolute atomic E-state index is 12.6. The van der Waals surface area contributed by atoms with Crippen LogP contribution in [0.1, 0.15) is 11.3 Å². The van der Waals surface area contributed by atoms with Crippen molar-refractivity contribution in [3.05, 3.63) is 72.2 Å². The lowest BCUT2D eigenvalue weighted by Gasteiger charge is -2.09. The van der Waals surface area contributed by atoms with E-state index in [0.717, 1.165) is 11.3 Å². The van der Waals surface area contributed by atoms with Gasteiger partial charge in [-0.3, -0.25) is 0 Å². The summed E-state index contributed by atoms with van der Waals surface area (Å²) in [6, 6.07) is 15.5. The summed E-state index contributed by atoms with van der Waals surface area (Å²) in [5.41, 5.74) is 9.99. The van der Waals surface area contributed by atoms with Crippen LogP contribution in [0.5, 0.6) is 0 Å². The topological polar surface area (TPSA) is 136 Å². The zero-order valence-corrected chi connectivity index (χ0v) is 17.6. The van der Waals surface area contributed by atoms with E-state index in [0.29, 0.717) is 28.5 Å². The lowest BCUT2D eigenvalue weighted by atomic mass is 10.1. The molecule has 4 rings (SSSR count). The van der Waals surface area contributed by atoms with Crippen molar-refractivity contribution < 1.29 is 12.9 Å². The highest BCUT2D eigenvalue weighted by molar-refractivity contribution is 7.92. The van der Waals surface area contributed by atoms with Gasteiger partial charge in [-0.15, -0.1) is 0 Å². The lowest BCUT2D eigenvalue weighted by Crippen LogP contribution is -2.13. The molecule has 0 unspecified atom stereocenters. The fourth-order valence-corrected chi connectivity index (χ4v) is 3.84. The van der Waals surface area contributed by atoms with Gasteiger partial charge in [-0.2, -0.15) is 0 Å². The van der Waals surface area contributed by atoms with Crippen molar-refractivity contribution in [1.29, 1.82) is 0 Å². The summed E-state index contributed by atoms with van der Waals surface area (Å²) in [4.78, 5) is 8.60. The van der Waals surface area contributed by atoms with Gasteiger partial charge in [0.1, 0.15) is 12.1 Å². The molecule has 2 heterocycles. The Labute approximate surface area is 179 Å². The van der Waals surface area contributed by atoms with Crippen LogP contribution in [0.3, 0.4) is 0 Å².